The Balaban J connectivity index is 2.35. The molecule has 0 fully saturated rings. The van der Waals surface area contributed by atoms with Crippen LogP contribution >= 0.6 is 0 Å². The number of pyridine rings is 1. The molecule has 11 heavy (non-hydrogen) atoms. The SMILES string of the molecule is C#CCCNc1ccncc1. The molecule has 2 nitrogen and oxygen atoms in total. The van der Waals surface area contributed by atoms with Gasteiger partial charge in [-0.05, 0) is 12.1 Å². The molecule has 0 saturated heterocycles. The molecule has 1 heterocycles. The summed E-state index contributed by atoms with van der Waals surface area (Å²) in [5.41, 5.74) is 1.07. The first-order valence-electron chi connectivity index (χ1n) is 3.51. The molecule has 0 amide bonds. The van der Waals surface area contributed by atoms with E-state index in [2.05, 4.69) is 16.2 Å². The Morgan fingerprint density at radius 3 is 2.82 bits per heavy atom. The van der Waals surface area contributed by atoms with Crippen molar-refractivity contribution < 1.29 is 0 Å². The molecule has 0 radical (unpaired) electrons. The summed E-state index contributed by atoms with van der Waals surface area (Å²) >= 11 is 0. The summed E-state index contributed by atoms with van der Waals surface area (Å²) < 4.78 is 0. The average Bonchev–Trinajstić information content (AvgIpc) is 2.07. The van der Waals surface area contributed by atoms with E-state index in [0.717, 1.165) is 18.7 Å². The first-order chi connectivity index (χ1) is 5.43. The molecule has 1 rings (SSSR count). The van der Waals surface area contributed by atoms with Crippen LogP contribution in [0, 0.1) is 12.3 Å². The van der Waals surface area contributed by atoms with Crippen molar-refractivity contribution in [1.82, 2.24) is 4.98 Å². The van der Waals surface area contributed by atoms with E-state index >= 15 is 0 Å². The molecular formula is C9H10N2. The summed E-state index contributed by atoms with van der Waals surface area (Å²) in [6.45, 7) is 0.820. The van der Waals surface area contributed by atoms with E-state index in [1.54, 1.807) is 12.4 Å². The van der Waals surface area contributed by atoms with Crippen molar-refractivity contribution in [2.45, 2.75) is 6.42 Å². The molecule has 0 aliphatic carbocycles. The maximum Gasteiger partial charge on any atom is 0.0371 e. The number of anilines is 1. The van der Waals surface area contributed by atoms with Crippen LogP contribution in [0.5, 0.6) is 0 Å². The average molecular weight is 146 g/mol. The van der Waals surface area contributed by atoms with Crippen molar-refractivity contribution in [1.29, 1.82) is 0 Å². The summed E-state index contributed by atoms with van der Waals surface area (Å²) in [6, 6.07) is 3.83. The number of rotatable bonds is 3. The van der Waals surface area contributed by atoms with Crippen LogP contribution in [-0.2, 0) is 0 Å². The third kappa shape index (κ3) is 2.72. The van der Waals surface area contributed by atoms with Gasteiger partial charge in [-0.15, -0.1) is 12.3 Å². The number of hydrogen-bond donors (Lipinski definition) is 1. The molecular weight excluding hydrogens is 136 g/mol. The first kappa shape index (κ1) is 7.62. The van der Waals surface area contributed by atoms with Crippen molar-refractivity contribution in [3.05, 3.63) is 24.5 Å². The van der Waals surface area contributed by atoms with Gasteiger partial charge < -0.3 is 5.32 Å². The van der Waals surface area contributed by atoms with Gasteiger partial charge in [0.15, 0.2) is 0 Å². The normalized spacial score (nSPS) is 8.64. The zero-order valence-corrected chi connectivity index (χ0v) is 6.25. The molecule has 0 atom stereocenters. The molecule has 0 aromatic carbocycles. The van der Waals surface area contributed by atoms with Gasteiger partial charge in [-0.3, -0.25) is 4.98 Å². The topological polar surface area (TPSA) is 24.9 Å². The third-order valence-electron chi connectivity index (χ3n) is 1.28. The van der Waals surface area contributed by atoms with Crippen molar-refractivity contribution in [2.24, 2.45) is 0 Å². The molecule has 2 heteroatoms. The molecule has 0 saturated carbocycles. The molecule has 0 aliphatic heterocycles. The lowest BCUT2D eigenvalue weighted by molar-refractivity contribution is 1.09. The lowest BCUT2D eigenvalue weighted by atomic mass is 10.4. The Bertz CT molecular complexity index is 235. The second-order valence-corrected chi connectivity index (χ2v) is 2.12. The standard InChI is InChI=1S/C9H10N2/c1-2-3-6-11-9-4-7-10-8-5-9/h1,4-5,7-8H,3,6H2,(H,10,11). The fourth-order valence-corrected chi connectivity index (χ4v) is 0.749. The lowest BCUT2D eigenvalue weighted by Gasteiger charge is -2.01. The number of terminal acetylenes is 1. The highest BCUT2D eigenvalue weighted by Crippen LogP contribution is 2.01. The Kier molecular flexibility index (Phi) is 3.01. The lowest BCUT2D eigenvalue weighted by Crippen LogP contribution is -1.99. The maximum absolute atomic E-state index is 5.09. The second kappa shape index (κ2) is 4.35. The second-order valence-electron chi connectivity index (χ2n) is 2.12. The van der Waals surface area contributed by atoms with Crippen LogP contribution in [0.1, 0.15) is 6.42 Å². The van der Waals surface area contributed by atoms with Crippen LogP contribution in [0.15, 0.2) is 24.5 Å². The Morgan fingerprint density at radius 1 is 1.45 bits per heavy atom. The van der Waals surface area contributed by atoms with E-state index in [1.165, 1.54) is 0 Å². The van der Waals surface area contributed by atoms with Crippen molar-refractivity contribution in [3.63, 3.8) is 0 Å². The highest BCUT2D eigenvalue weighted by molar-refractivity contribution is 5.40. The zero-order chi connectivity index (χ0) is 7.94. The van der Waals surface area contributed by atoms with E-state index in [4.69, 9.17) is 6.42 Å². The van der Waals surface area contributed by atoms with Gasteiger partial charge in [0.2, 0.25) is 0 Å². The molecule has 1 aromatic heterocycles. The van der Waals surface area contributed by atoms with Gasteiger partial charge >= 0.3 is 0 Å². The van der Waals surface area contributed by atoms with Gasteiger partial charge in [0, 0.05) is 31.0 Å². The van der Waals surface area contributed by atoms with E-state index in [1.807, 2.05) is 12.1 Å². The van der Waals surface area contributed by atoms with Crippen molar-refractivity contribution in [3.8, 4) is 12.3 Å². The third-order valence-corrected chi connectivity index (χ3v) is 1.28. The van der Waals surface area contributed by atoms with Crippen molar-refractivity contribution >= 4 is 5.69 Å². The largest absolute Gasteiger partial charge is 0.384 e. The van der Waals surface area contributed by atoms with Crippen LogP contribution in [0.4, 0.5) is 5.69 Å². The van der Waals surface area contributed by atoms with Crippen LogP contribution in [0.2, 0.25) is 0 Å². The summed E-state index contributed by atoms with van der Waals surface area (Å²) in [7, 11) is 0. The van der Waals surface area contributed by atoms with Gasteiger partial charge in [-0.25, -0.2) is 0 Å². The Labute approximate surface area is 66.7 Å². The van der Waals surface area contributed by atoms with E-state index < -0.39 is 0 Å². The van der Waals surface area contributed by atoms with E-state index in [-0.39, 0.29) is 0 Å². The van der Waals surface area contributed by atoms with Gasteiger partial charge in [-0.1, -0.05) is 0 Å². The summed E-state index contributed by atoms with van der Waals surface area (Å²) in [5, 5.41) is 3.16. The zero-order valence-electron chi connectivity index (χ0n) is 6.25. The van der Waals surface area contributed by atoms with Gasteiger partial charge in [0.05, 0.1) is 0 Å². The summed E-state index contributed by atoms with van der Waals surface area (Å²) in [4.78, 5) is 3.89. The fraction of sp³-hybridized carbons (Fsp3) is 0.222. The Hall–Kier alpha value is -1.49. The highest BCUT2D eigenvalue weighted by atomic mass is 14.9. The van der Waals surface area contributed by atoms with Gasteiger partial charge in [0.1, 0.15) is 0 Å². The monoisotopic (exact) mass is 146 g/mol. The van der Waals surface area contributed by atoms with Crippen LogP contribution in [0.3, 0.4) is 0 Å². The molecule has 0 spiro atoms. The smallest absolute Gasteiger partial charge is 0.0371 e. The number of nitrogens with one attached hydrogen (secondary N) is 1. The fourth-order valence-electron chi connectivity index (χ4n) is 0.749. The van der Waals surface area contributed by atoms with Crippen LogP contribution < -0.4 is 5.32 Å². The predicted octanol–water partition coefficient (Wildman–Crippen LogP) is 1.52. The number of aromatic nitrogens is 1. The minimum atomic E-state index is 0.752. The van der Waals surface area contributed by atoms with Gasteiger partial charge in [-0.2, -0.15) is 0 Å². The molecule has 0 aliphatic rings. The van der Waals surface area contributed by atoms with E-state index in [9.17, 15) is 0 Å². The molecule has 0 bridgehead atoms. The first-order valence-corrected chi connectivity index (χ1v) is 3.51. The van der Waals surface area contributed by atoms with Crippen LogP contribution in [-0.4, -0.2) is 11.5 Å². The summed E-state index contributed by atoms with van der Waals surface area (Å²) in [5.74, 6) is 2.56. The predicted molar refractivity (Wildman–Crippen MR) is 46.2 cm³/mol. The molecule has 1 aromatic rings. The van der Waals surface area contributed by atoms with E-state index in [0.29, 0.717) is 0 Å². The van der Waals surface area contributed by atoms with Gasteiger partial charge in [0.25, 0.3) is 0 Å². The molecule has 1 N–H and O–H groups in total. The maximum atomic E-state index is 5.09. The molecule has 0 unspecified atom stereocenters. The Morgan fingerprint density at radius 2 is 2.18 bits per heavy atom. The molecule has 56 valence electrons. The number of hydrogen-bond acceptors (Lipinski definition) is 2. The minimum absolute atomic E-state index is 0.752. The quantitative estimate of drug-likeness (QED) is 0.516. The number of nitrogens with zero attached hydrogens (tertiary/aromatic N) is 1. The summed E-state index contributed by atoms with van der Waals surface area (Å²) in [6.07, 6.45) is 9.34. The highest BCUT2D eigenvalue weighted by Gasteiger charge is 1.85. The minimum Gasteiger partial charge on any atom is -0.384 e. The van der Waals surface area contributed by atoms with Crippen molar-refractivity contribution in [2.75, 3.05) is 11.9 Å². The van der Waals surface area contributed by atoms with Crippen LogP contribution in [0.25, 0.3) is 0 Å².